The zero-order chi connectivity index (χ0) is 20.2. The van der Waals surface area contributed by atoms with E-state index in [1.165, 1.54) is 16.4 Å². The summed E-state index contributed by atoms with van der Waals surface area (Å²) in [5.41, 5.74) is 7.32. The summed E-state index contributed by atoms with van der Waals surface area (Å²) in [6.45, 7) is 0. The van der Waals surface area contributed by atoms with Crippen molar-refractivity contribution in [3.8, 4) is 34.9 Å². The van der Waals surface area contributed by atoms with E-state index in [0.29, 0.717) is 33.9 Å². The molecule has 0 aliphatic carbocycles. The molecule has 0 aliphatic rings. The van der Waals surface area contributed by atoms with Crippen molar-refractivity contribution in [2.45, 2.75) is 5.03 Å². The second-order valence-electron chi connectivity index (χ2n) is 5.96. The van der Waals surface area contributed by atoms with Gasteiger partial charge in [0.2, 0.25) is 5.88 Å². The van der Waals surface area contributed by atoms with Crippen molar-refractivity contribution >= 4 is 17.6 Å². The van der Waals surface area contributed by atoms with Gasteiger partial charge in [-0.15, -0.1) is 11.8 Å². The van der Waals surface area contributed by atoms with E-state index in [9.17, 15) is 5.26 Å². The van der Waals surface area contributed by atoms with E-state index >= 15 is 0 Å². The number of nitrogens with zero attached hydrogens (tertiary/aromatic N) is 5. The van der Waals surface area contributed by atoms with E-state index in [1.807, 2.05) is 66.9 Å². The van der Waals surface area contributed by atoms with Gasteiger partial charge < -0.3 is 10.5 Å². The lowest BCUT2D eigenvalue weighted by Gasteiger charge is -2.10. The van der Waals surface area contributed by atoms with Crippen LogP contribution >= 0.6 is 11.8 Å². The molecule has 0 radical (unpaired) electrons. The fraction of sp³-hybridized carbons (Fsp3) is 0.0476. The highest BCUT2D eigenvalue weighted by molar-refractivity contribution is 7.98. The predicted molar refractivity (Wildman–Crippen MR) is 112 cm³/mol. The summed E-state index contributed by atoms with van der Waals surface area (Å²) in [6.07, 6.45) is 1.84. The van der Waals surface area contributed by atoms with Gasteiger partial charge in [0.15, 0.2) is 11.6 Å². The molecule has 2 N–H and O–H groups in total. The van der Waals surface area contributed by atoms with E-state index in [1.54, 1.807) is 6.07 Å². The highest BCUT2D eigenvalue weighted by Gasteiger charge is 2.19. The molecule has 4 rings (SSSR count). The molecule has 0 spiro atoms. The first-order valence-corrected chi connectivity index (χ1v) is 9.92. The Labute approximate surface area is 171 Å². The molecule has 7 nitrogen and oxygen atoms in total. The minimum atomic E-state index is 0.222. The van der Waals surface area contributed by atoms with E-state index in [2.05, 4.69) is 21.1 Å². The number of benzene rings is 2. The Morgan fingerprint density at radius 3 is 2.34 bits per heavy atom. The summed E-state index contributed by atoms with van der Waals surface area (Å²) >= 11 is 1.35. The van der Waals surface area contributed by atoms with Crippen molar-refractivity contribution in [2.24, 2.45) is 0 Å². The molecular weight excluding hydrogens is 384 g/mol. The van der Waals surface area contributed by atoms with Crippen molar-refractivity contribution in [3.05, 3.63) is 72.3 Å². The Kier molecular flexibility index (Phi) is 5.14. The summed E-state index contributed by atoms with van der Waals surface area (Å²) in [7, 11) is 0. The van der Waals surface area contributed by atoms with Crippen LogP contribution in [0.3, 0.4) is 0 Å². The Hall–Kier alpha value is -3.83. The minimum Gasteiger partial charge on any atom is -0.439 e. The Balaban J connectivity index is 1.87. The smallest absolute Gasteiger partial charge is 0.225 e. The number of nitriles is 1. The second kappa shape index (κ2) is 8.04. The van der Waals surface area contributed by atoms with Crippen LogP contribution in [-0.4, -0.2) is 26.0 Å². The first kappa shape index (κ1) is 18.5. The predicted octanol–water partition coefficient (Wildman–Crippen LogP) is 4.30. The van der Waals surface area contributed by atoms with Gasteiger partial charge in [0.25, 0.3) is 0 Å². The molecule has 0 amide bonds. The number of aromatic nitrogens is 4. The number of nitrogens with two attached hydrogens (primary N) is 1. The number of para-hydroxylation sites is 1. The molecule has 0 saturated heterocycles. The largest absolute Gasteiger partial charge is 0.439 e. The molecule has 2 heterocycles. The van der Waals surface area contributed by atoms with Gasteiger partial charge in [0, 0.05) is 11.6 Å². The summed E-state index contributed by atoms with van der Waals surface area (Å²) < 4.78 is 7.37. The Bertz CT molecular complexity index is 1190. The molecule has 8 heteroatoms. The molecular formula is C21H16N6OS. The van der Waals surface area contributed by atoms with Gasteiger partial charge in [-0.05, 0) is 18.4 Å². The van der Waals surface area contributed by atoms with Crippen LogP contribution in [0, 0.1) is 11.3 Å². The monoisotopic (exact) mass is 400 g/mol. The van der Waals surface area contributed by atoms with Crippen molar-refractivity contribution in [2.75, 3.05) is 12.0 Å². The van der Waals surface area contributed by atoms with E-state index in [-0.39, 0.29) is 5.82 Å². The molecule has 0 fully saturated rings. The number of rotatable bonds is 5. The Morgan fingerprint density at radius 1 is 1.03 bits per heavy atom. The standard InChI is InChI=1S/C21H16N6OS/c1-29-21-16(13-22)19(23)27(26-21)17-12-18(28-15-10-6-3-7-11-15)25-20(24-17)14-8-4-2-5-9-14/h2-12H,23H2,1H3. The highest BCUT2D eigenvalue weighted by Crippen LogP contribution is 2.29. The van der Waals surface area contributed by atoms with Crippen molar-refractivity contribution in [1.82, 2.24) is 19.7 Å². The van der Waals surface area contributed by atoms with Crippen molar-refractivity contribution in [1.29, 1.82) is 5.26 Å². The molecule has 0 unspecified atom stereocenters. The van der Waals surface area contributed by atoms with Crippen LogP contribution in [0.2, 0.25) is 0 Å². The number of hydrogen-bond acceptors (Lipinski definition) is 7. The van der Waals surface area contributed by atoms with Gasteiger partial charge >= 0.3 is 0 Å². The molecule has 0 saturated carbocycles. The third-order valence-corrected chi connectivity index (χ3v) is 4.77. The van der Waals surface area contributed by atoms with Crippen molar-refractivity contribution in [3.63, 3.8) is 0 Å². The van der Waals surface area contributed by atoms with Gasteiger partial charge in [0.1, 0.15) is 28.2 Å². The van der Waals surface area contributed by atoms with Crippen LogP contribution in [0.25, 0.3) is 17.2 Å². The van der Waals surface area contributed by atoms with Crippen LogP contribution < -0.4 is 10.5 Å². The number of anilines is 1. The molecule has 0 aliphatic heterocycles. The van der Waals surface area contributed by atoms with E-state index in [4.69, 9.17) is 10.5 Å². The van der Waals surface area contributed by atoms with Crippen molar-refractivity contribution < 1.29 is 4.74 Å². The summed E-state index contributed by atoms with van der Waals surface area (Å²) in [5, 5.41) is 14.4. The first-order chi connectivity index (χ1) is 14.2. The quantitative estimate of drug-likeness (QED) is 0.498. The Morgan fingerprint density at radius 2 is 1.72 bits per heavy atom. The van der Waals surface area contributed by atoms with E-state index in [0.717, 1.165) is 5.56 Å². The summed E-state index contributed by atoms with van der Waals surface area (Å²) in [4.78, 5) is 9.15. The van der Waals surface area contributed by atoms with Crippen LogP contribution in [0.5, 0.6) is 11.6 Å². The van der Waals surface area contributed by atoms with Crippen LogP contribution in [0.1, 0.15) is 5.56 Å². The van der Waals surface area contributed by atoms with Gasteiger partial charge in [-0.1, -0.05) is 48.5 Å². The van der Waals surface area contributed by atoms with Crippen LogP contribution in [-0.2, 0) is 0 Å². The highest BCUT2D eigenvalue weighted by atomic mass is 32.2. The maximum Gasteiger partial charge on any atom is 0.225 e. The number of thioether (sulfide) groups is 1. The third-order valence-electron chi connectivity index (χ3n) is 4.10. The second-order valence-corrected chi connectivity index (χ2v) is 6.76. The summed E-state index contributed by atoms with van der Waals surface area (Å²) in [6, 6.07) is 22.6. The minimum absolute atomic E-state index is 0.222. The average molecular weight is 400 g/mol. The number of nitrogen functional groups attached to an aromatic ring is 1. The van der Waals surface area contributed by atoms with Gasteiger partial charge in [-0.2, -0.15) is 20.0 Å². The fourth-order valence-electron chi connectivity index (χ4n) is 2.73. The molecule has 0 atom stereocenters. The SMILES string of the molecule is CSc1nn(-c2cc(Oc3ccccc3)nc(-c3ccccc3)n2)c(N)c1C#N. The number of hydrogen-bond donors (Lipinski definition) is 1. The molecule has 29 heavy (non-hydrogen) atoms. The maximum absolute atomic E-state index is 9.42. The lowest BCUT2D eigenvalue weighted by atomic mass is 10.2. The molecule has 0 bridgehead atoms. The van der Waals surface area contributed by atoms with Gasteiger partial charge in [-0.3, -0.25) is 0 Å². The molecule has 142 valence electrons. The van der Waals surface area contributed by atoms with Crippen LogP contribution in [0.4, 0.5) is 5.82 Å². The van der Waals surface area contributed by atoms with Gasteiger partial charge in [-0.25, -0.2) is 4.98 Å². The fourth-order valence-corrected chi connectivity index (χ4v) is 3.25. The zero-order valence-electron chi connectivity index (χ0n) is 15.5. The lowest BCUT2D eigenvalue weighted by molar-refractivity contribution is 0.461. The first-order valence-electron chi connectivity index (χ1n) is 8.70. The lowest BCUT2D eigenvalue weighted by Crippen LogP contribution is -2.07. The normalized spacial score (nSPS) is 10.5. The molecule has 4 aromatic rings. The number of ether oxygens (including phenoxy) is 1. The average Bonchev–Trinajstić information content (AvgIpc) is 3.10. The topological polar surface area (TPSA) is 103 Å². The van der Waals surface area contributed by atoms with Gasteiger partial charge in [0.05, 0.1) is 0 Å². The van der Waals surface area contributed by atoms with E-state index < -0.39 is 0 Å². The molecule has 2 aromatic carbocycles. The maximum atomic E-state index is 9.42. The molecule has 2 aromatic heterocycles. The van der Waals surface area contributed by atoms with Crippen LogP contribution in [0.15, 0.2) is 71.8 Å². The third kappa shape index (κ3) is 3.77. The zero-order valence-corrected chi connectivity index (χ0v) is 16.3. The summed E-state index contributed by atoms with van der Waals surface area (Å²) in [5.74, 6) is 2.10.